The van der Waals surface area contributed by atoms with E-state index < -0.39 is 0 Å². The van der Waals surface area contributed by atoms with Crippen LogP contribution in [0.5, 0.6) is 0 Å². The van der Waals surface area contributed by atoms with Crippen molar-refractivity contribution >= 4 is 11.6 Å². The number of nitrogens with zero attached hydrogens (tertiary/aromatic N) is 3. The zero-order valence-electron chi connectivity index (χ0n) is 14.7. The van der Waals surface area contributed by atoms with Crippen molar-refractivity contribution in [3.05, 3.63) is 106 Å². The molecule has 4 nitrogen and oxygen atoms in total. The molecule has 0 aliphatic heterocycles. The van der Waals surface area contributed by atoms with Crippen molar-refractivity contribution in [1.82, 2.24) is 9.55 Å². The van der Waals surface area contributed by atoms with E-state index in [1.165, 1.54) is 0 Å². The number of aromatic nitrogens is 2. The van der Waals surface area contributed by atoms with Gasteiger partial charge in [-0.2, -0.15) is 5.26 Å². The first-order valence-corrected chi connectivity index (χ1v) is 8.99. The highest BCUT2D eigenvalue weighted by Gasteiger charge is 2.15. The molecule has 0 aliphatic rings. The van der Waals surface area contributed by atoms with Gasteiger partial charge >= 0.3 is 0 Å². The number of rotatable bonds is 3. The van der Waals surface area contributed by atoms with Crippen LogP contribution in [0.1, 0.15) is 5.56 Å². The minimum absolute atomic E-state index is 0.232. The first kappa shape index (κ1) is 17.7. The molecular formula is C23H14ClN3O. The number of nitriles is 1. The highest BCUT2D eigenvalue weighted by Crippen LogP contribution is 2.26. The minimum atomic E-state index is -0.232. The molecule has 0 spiro atoms. The average Bonchev–Trinajstić information content (AvgIpc) is 2.74. The second kappa shape index (κ2) is 7.51. The molecule has 0 saturated carbocycles. The predicted molar refractivity (Wildman–Crippen MR) is 110 cm³/mol. The van der Waals surface area contributed by atoms with Gasteiger partial charge in [0.2, 0.25) is 0 Å². The Bertz CT molecular complexity index is 1260. The average molecular weight is 384 g/mol. The lowest BCUT2D eigenvalue weighted by molar-refractivity contribution is 0.993. The lowest BCUT2D eigenvalue weighted by atomic mass is 9.99. The number of hydrogen-bond acceptors (Lipinski definition) is 3. The van der Waals surface area contributed by atoms with Crippen LogP contribution in [-0.4, -0.2) is 9.55 Å². The van der Waals surface area contributed by atoms with Gasteiger partial charge in [0.15, 0.2) is 0 Å². The van der Waals surface area contributed by atoms with Crippen LogP contribution in [0, 0.1) is 11.3 Å². The monoisotopic (exact) mass is 383 g/mol. The topological polar surface area (TPSA) is 58.7 Å². The maximum Gasteiger partial charge on any atom is 0.263 e. The van der Waals surface area contributed by atoms with Crippen molar-refractivity contribution in [2.24, 2.45) is 0 Å². The first-order valence-electron chi connectivity index (χ1n) is 8.61. The highest BCUT2D eigenvalue weighted by molar-refractivity contribution is 6.30. The molecule has 2 aromatic heterocycles. The molecule has 2 aromatic carbocycles. The van der Waals surface area contributed by atoms with Gasteiger partial charge in [0.1, 0.15) is 0 Å². The van der Waals surface area contributed by atoms with Gasteiger partial charge in [0.05, 0.1) is 23.0 Å². The van der Waals surface area contributed by atoms with E-state index >= 15 is 0 Å². The van der Waals surface area contributed by atoms with Gasteiger partial charge < -0.3 is 0 Å². The molecule has 0 unspecified atom stereocenters. The summed E-state index contributed by atoms with van der Waals surface area (Å²) in [5.74, 6) is 0. The van der Waals surface area contributed by atoms with Gasteiger partial charge in [-0.05, 0) is 42.5 Å². The Labute approximate surface area is 166 Å². The van der Waals surface area contributed by atoms with Crippen molar-refractivity contribution in [2.75, 3.05) is 0 Å². The molecule has 4 aromatic rings. The van der Waals surface area contributed by atoms with E-state index in [4.69, 9.17) is 11.6 Å². The Hall–Kier alpha value is -3.68. The summed E-state index contributed by atoms with van der Waals surface area (Å²) in [6, 6.07) is 23.7. The van der Waals surface area contributed by atoms with Crippen molar-refractivity contribution in [3.63, 3.8) is 0 Å². The van der Waals surface area contributed by atoms with Crippen LogP contribution in [0.25, 0.3) is 28.1 Å². The fraction of sp³-hybridized carbons (Fsp3) is 0. The summed E-state index contributed by atoms with van der Waals surface area (Å²) in [4.78, 5) is 17.7. The van der Waals surface area contributed by atoms with Crippen molar-refractivity contribution in [1.29, 1.82) is 5.26 Å². The van der Waals surface area contributed by atoms with Gasteiger partial charge in [-0.1, -0.05) is 41.9 Å². The van der Waals surface area contributed by atoms with Crippen LogP contribution in [-0.2, 0) is 0 Å². The maximum absolute atomic E-state index is 13.3. The fourth-order valence-electron chi connectivity index (χ4n) is 3.08. The van der Waals surface area contributed by atoms with Crippen molar-refractivity contribution in [2.45, 2.75) is 0 Å². The Morgan fingerprint density at radius 2 is 1.75 bits per heavy atom. The van der Waals surface area contributed by atoms with E-state index in [-0.39, 0.29) is 5.56 Å². The molecule has 0 N–H and O–H groups in total. The van der Waals surface area contributed by atoms with E-state index in [2.05, 4.69) is 11.1 Å². The maximum atomic E-state index is 13.3. The van der Waals surface area contributed by atoms with Crippen molar-refractivity contribution in [3.8, 4) is 34.1 Å². The molecule has 0 atom stereocenters. The normalized spacial score (nSPS) is 10.4. The van der Waals surface area contributed by atoms with Gasteiger partial charge in [0, 0.05) is 34.1 Å². The van der Waals surface area contributed by atoms with Crippen molar-refractivity contribution < 1.29 is 0 Å². The van der Waals surface area contributed by atoms with Crippen LogP contribution in [0.4, 0.5) is 0 Å². The molecular weight excluding hydrogens is 370 g/mol. The molecule has 134 valence electrons. The molecule has 5 heteroatoms. The summed E-state index contributed by atoms with van der Waals surface area (Å²) in [5.41, 5.74) is 3.37. The summed E-state index contributed by atoms with van der Waals surface area (Å²) >= 11 is 6.14. The lowest BCUT2D eigenvalue weighted by Crippen LogP contribution is -2.20. The molecule has 0 amide bonds. The number of hydrogen-bond donors (Lipinski definition) is 0. The van der Waals surface area contributed by atoms with Crippen LogP contribution in [0.15, 0.2) is 90.0 Å². The predicted octanol–water partition coefficient (Wildman–Crippen LogP) is 5.09. The van der Waals surface area contributed by atoms with Crippen LogP contribution in [0.3, 0.4) is 0 Å². The molecule has 0 fully saturated rings. The third kappa shape index (κ3) is 3.32. The highest BCUT2D eigenvalue weighted by atomic mass is 35.5. The second-order valence-corrected chi connectivity index (χ2v) is 6.61. The van der Waals surface area contributed by atoms with Gasteiger partial charge in [-0.25, -0.2) is 0 Å². The summed E-state index contributed by atoms with van der Waals surface area (Å²) in [6.07, 6.45) is 3.45. The van der Waals surface area contributed by atoms with E-state index in [1.807, 2.05) is 30.3 Å². The SMILES string of the molecule is N#Cc1ccccc1-c1cc(-c2ccccn2)cn(-c2cccc(Cl)c2)c1=O. The largest absolute Gasteiger partial charge is 0.283 e. The van der Waals surface area contributed by atoms with Crippen LogP contribution in [0.2, 0.25) is 5.02 Å². The Morgan fingerprint density at radius 3 is 2.50 bits per heavy atom. The van der Waals surface area contributed by atoms with E-state index in [1.54, 1.807) is 59.4 Å². The van der Waals surface area contributed by atoms with Gasteiger partial charge in [-0.3, -0.25) is 14.3 Å². The van der Waals surface area contributed by atoms with E-state index in [9.17, 15) is 10.1 Å². The first-order chi connectivity index (χ1) is 13.7. The molecule has 0 saturated heterocycles. The minimum Gasteiger partial charge on any atom is -0.283 e. The molecule has 4 rings (SSSR count). The fourth-order valence-corrected chi connectivity index (χ4v) is 3.27. The molecule has 2 heterocycles. The van der Waals surface area contributed by atoms with E-state index in [0.717, 1.165) is 11.3 Å². The zero-order chi connectivity index (χ0) is 19.5. The van der Waals surface area contributed by atoms with Gasteiger partial charge in [0.25, 0.3) is 5.56 Å². The molecule has 0 radical (unpaired) electrons. The molecule has 0 bridgehead atoms. The summed E-state index contributed by atoms with van der Waals surface area (Å²) in [7, 11) is 0. The number of halogens is 1. The summed E-state index contributed by atoms with van der Waals surface area (Å²) in [5, 5.41) is 10.0. The molecule has 28 heavy (non-hydrogen) atoms. The smallest absolute Gasteiger partial charge is 0.263 e. The number of pyridine rings is 2. The van der Waals surface area contributed by atoms with E-state index in [0.29, 0.717) is 27.4 Å². The number of benzene rings is 2. The quantitative estimate of drug-likeness (QED) is 0.495. The lowest BCUT2D eigenvalue weighted by Gasteiger charge is -2.13. The third-order valence-electron chi connectivity index (χ3n) is 4.40. The molecule has 0 aliphatic carbocycles. The standard InChI is InChI=1S/C23H14ClN3O/c24-18-7-5-8-19(13-18)27-15-17(22-10-3-4-11-26-22)12-21(23(27)28)20-9-2-1-6-16(20)14-25/h1-13,15H. The Balaban J connectivity index is 2.05. The summed E-state index contributed by atoms with van der Waals surface area (Å²) < 4.78 is 1.54. The zero-order valence-corrected chi connectivity index (χ0v) is 15.5. The summed E-state index contributed by atoms with van der Waals surface area (Å²) in [6.45, 7) is 0. The van der Waals surface area contributed by atoms with Crippen LogP contribution < -0.4 is 5.56 Å². The van der Waals surface area contributed by atoms with Gasteiger partial charge in [-0.15, -0.1) is 0 Å². The Morgan fingerprint density at radius 1 is 0.929 bits per heavy atom. The third-order valence-corrected chi connectivity index (χ3v) is 4.64. The second-order valence-electron chi connectivity index (χ2n) is 6.17. The van der Waals surface area contributed by atoms with Crippen LogP contribution >= 0.6 is 11.6 Å². The Kier molecular flexibility index (Phi) is 4.76.